The molecule has 8 aromatic carbocycles. The Morgan fingerprint density at radius 2 is 1.06 bits per heavy atom. The first kappa shape index (κ1) is 29.1. The van der Waals surface area contributed by atoms with Gasteiger partial charge in [0.1, 0.15) is 11.2 Å². The van der Waals surface area contributed by atoms with E-state index in [9.17, 15) is 0 Å². The van der Waals surface area contributed by atoms with E-state index in [2.05, 4.69) is 133 Å². The van der Waals surface area contributed by atoms with E-state index in [0.29, 0.717) is 17.5 Å². The summed E-state index contributed by atoms with van der Waals surface area (Å²) in [5, 5.41) is 9.37. The van der Waals surface area contributed by atoms with Crippen molar-refractivity contribution in [2.45, 2.75) is 0 Å². The van der Waals surface area contributed by atoms with E-state index < -0.39 is 0 Å². The van der Waals surface area contributed by atoms with Crippen molar-refractivity contribution in [1.82, 2.24) is 15.0 Å². The Hall–Kier alpha value is -6.69. The molecule has 5 heteroatoms. The topological polar surface area (TPSA) is 51.8 Å². The summed E-state index contributed by atoms with van der Waals surface area (Å²) in [7, 11) is 0. The molecular formula is C47H27N3OS. The third kappa shape index (κ3) is 4.57. The molecule has 0 bridgehead atoms. The fourth-order valence-corrected chi connectivity index (χ4v) is 8.81. The summed E-state index contributed by atoms with van der Waals surface area (Å²) in [5.41, 5.74) is 6.85. The summed E-state index contributed by atoms with van der Waals surface area (Å²) in [5.74, 6) is 1.90. The minimum atomic E-state index is 0.629. The number of benzene rings is 8. The summed E-state index contributed by atoms with van der Waals surface area (Å²) < 4.78 is 8.86. The molecule has 0 aliphatic rings. The van der Waals surface area contributed by atoms with Gasteiger partial charge in [-0.25, -0.2) is 15.0 Å². The fourth-order valence-electron chi connectivity index (χ4n) is 7.60. The van der Waals surface area contributed by atoms with Crippen molar-refractivity contribution in [3.05, 3.63) is 164 Å². The Morgan fingerprint density at radius 1 is 0.404 bits per heavy atom. The lowest BCUT2D eigenvalue weighted by molar-refractivity contribution is 0.673. The number of furan rings is 1. The second kappa shape index (κ2) is 11.4. The first-order valence-electron chi connectivity index (χ1n) is 17.3. The van der Waals surface area contributed by atoms with Gasteiger partial charge in [0.2, 0.25) is 0 Å². The molecule has 11 rings (SSSR count). The Balaban J connectivity index is 1.13. The van der Waals surface area contributed by atoms with Crippen LogP contribution in [-0.4, -0.2) is 15.0 Å². The summed E-state index contributed by atoms with van der Waals surface area (Å²) in [6.45, 7) is 0. The molecule has 0 aliphatic carbocycles. The Morgan fingerprint density at radius 3 is 1.96 bits per heavy atom. The van der Waals surface area contributed by atoms with Crippen molar-refractivity contribution < 1.29 is 4.42 Å². The maximum Gasteiger partial charge on any atom is 0.165 e. The van der Waals surface area contributed by atoms with E-state index in [0.717, 1.165) is 59.8 Å². The first-order valence-corrected chi connectivity index (χ1v) is 18.2. The SMILES string of the molecule is c1ccc(-c2nc(-c3cccc(-c4ccc5c(ccc6ccccc65)c4)c3)nc(-c3cc4c5ccccc5oc4c4c3sc3ccccc34)n2)cc1. The van der Waals surface area contributed by atoms with Gasteiger partial charge < -0.3 is 4.42 Å². The van der Waals surface area contributed by atoms with Gasteiger partial charge in [0, 0.05) is 42.9 Å². The lowest BCUT2D eigenvalue weighted by Crippen LogP contribution is -2.00. The summed E-state index contributed by atoms with van der Waals surface area (Å²) in [4.78, 5) is 15.6. The number of hydrogen-bond donors (Lipinski definition) is 0. The summed E-state index contributed by atoms with van der Waals surface area (Å²) >= 11 is 1.75. The van der Waals surface area contributed by atoms with Crippen molar-refractivity contribution in [3.8, 4) is 45.3 Å². The van der Waals surface area contributed by atoms with Crippen molar-refractivity contribution in [3.63, 3.8) is 0 Å². The lowest BCUT2D eigenvalue weighted by Gasteiger charge is -2.11. The van der Waals surface area contributed by atoms with Crippen LogP contribution in [0.1, 0.15) is 0 Å². The predicted molar refractivity (Wildman–Crippen MR) is 217 cm³/mol. The van der Waals surface area contributed by atoms with E-state index in [-0.39, 0.29) is 0 Å². The van der Waals surface area contributed by atoms with Crippen LogP contribution < -0.4 is 0 Å². The zero-order valence-electron chi connectivity index (χ0n) is 27.7. The average molecular weight is 682 g/mol. The maximum atomic E-state index is 6.57. The number of rotatable bonds is 4. The average Bonchev–Trinajstić information content (AvgIpc) is 3.79. The highest BCUT2D eigenvalue weighted by Gasteiger charge is 2.22. The quantitative estimate of drug-likeness (QED) is 0.174. The molecular weight excluding hydrogens is 655 g/mol. The molecule has 0 spiro atoms. The lowest BCUT2D eigenvalue weighted by atomic mass is 9.96. The zero-order valence-corrected chi connectivity index (χ0v) is 28.6. The van der Waals surface area contributed by atoms with Crippen LogP contribution in [0.4, 0.5) is 0 Å². The molecule has 0 atom stereocenters. The van der Waals surface area contributed by atoms with Crippen LogP contribution in [0, 0.1) is 0 Å². The van der Waals surface area contributed by atoms with Gasteiger partial charge in [-0.05, 0) is 63.0 Å². The Labute approximate surface area is 302 Å². The normalized spacial score (nSPS) is 11.8. The third-order valence-electron chi connectivity index (χ3n) is 10.1. The number of fused-ring (bicyclic) bond motifs is 10. The second-order valence-electron chi connectivity index (χ2n) is 13.2. The van der Waals surface area contributed by atoms with Crippen LogP contribution in [0.3, 0.4) is 0 Å². The van der Waals surface area contributed by atoms with Gasteiger partial charge in [-0.15, -0.1) is 11.3 Å². The van der Waals surface area contributed by atoms with E-state index >= 15 is 0 Å². The molecule has 242 valence electrons. The fraction of sp³-hybridized carbons (Fsp3) is 0. The molecule has 0 saturated heterocycles. The smallest absolute Gasteiger partial charge is 0.165 e. The van der Waals surface area contributed by atoms with Gasteiger partial charge in [-0.2, -0.15) is 0 Å². The number of thiophene rings is 1. The van der Waals surface area contributed by atoms with E-state index in [4.69, 9.17) is 19.4 Å². The van der Waals surface area contributed by atoms with Crippen molar-refractivity contribution >= 4 is 75.0 Å². The van der Waals surface area contributed by atoms with Crippen molar-refractivity contribution in [1.29, 1.82) is 0 Å². The number of aromatic nitrogens is 3. The van der Waals surface area contributed by atoms with Gasteiger partial charge >= 0.3 is 0 Å². The molecule has 0 unspecified atom stereocenters. The standard InChI is InChI=1S/C47H27N3OS/c1-2-12-29(13-3-1)45-48-46(33-15-10-14-30(26-33)31-23-24-35-32(25-31)22-21-28-11-4-5-16-34(28)35)50-47(49-45)39-27-38-36-17-6-8-19-40(36)51-43(38)42-37-18-7-9-20-41(37)52-44(39)42/h1-27H. The molecule has 3 aromatic heterocycles. The molecule has 3 heterocycles. The second-order valence-corrected chi connectivity index (χ2v) is 14.2. The van der Waals surface area contributed by atoms with E-state index in [1.54, 1.807) is 11.3 Å². The minimum Gasteiger partial charge on any atom is -0.455 e. The van der Waals surface area contributed by atoms with E-state index in [1.165, 1.54) is 31.6 Å². The summed E-state index contributed by atoms with van der Waals surface area (Å²) in [6, 6.07) is 57.4. The number of hydrogen-bond acceptors (Lipinski definition) is 5. The van der Waals surface area contributed by atoms with Gasteiger partial charge in [-0.1, -0.05) is 133 Å². The first-order chi connectivity index (χ1) is 25.7. The molecule has 0 amide bonds. The highest BCUT2D eigenvalue weighted by Crippen LogP contribution is 2.46. The van der Waals surface area contributed by atoms with Crippen LogP contribution in [0.15, 0.2) is 168 Å². The van der Waals surface area contributed by atoms with Gasteiger partial charge in [0.15, 0.2) is 17.5 Å². The number of nitrogens with zero attached hydrogens (tertiary/aromatic N) is 3. The molecule has 0 aliphatic heterocycles. The molecule has 4 nitrogen and oxygen atoms in total. The minimum absolute atomic E-state index is 0.629. The molecule has 52 heavy (non-hydrogen) atoms. The Kier molecular flexibility index (Phi) is 6.39. The summed E-state index contributed by atoms with van der Waals surface area (Å²) in [6.07, 6.45) is 0. The van der Waals surface area contributed by atoms with Gasteiger partial charge in [0.05, 0.1) is 4.70 Å². The maximum absolute atomic E-state index is 6.57. The molecule has 0 fully saturated rings. The predicted octanol–water partition coefficient (Wildman–Crippen LogP) is 13.1. The molecule has 0 N–H and O–H groups in total. The number of para-hydroxylation sites is 1. The van der Waals surface area contributed by atoms with Crippen LogP contribution >= 0.6 is 11.3 Å². The largest absolute Gasteiger partial charge is 0.455 e. The zero-order chi connectivity index (χ0) is 34.2. The highest BCUT2D eigenvalue weighted by molar-refractivity contribution is 7.26. The molecule has 0 saturated carbocycles. The Bertz CT molecular complexity index is 3200. The van der Waals surface area contributed by atoms with Gasteiger partial charge in [-0.3, -0.25) is 0 Å². The van der Waals surface area contributed by atoms with Crippen LogP contribution in [0.2, 0.25) is 0 Å². The van der Waals surface area contributed by atoms with Gasteiger partial charge in [0.25, 0.3) is 0 Å². The van der Waals surface area contributed by atoms with Crippen LogP contribution in [0.5, 0.6) is 0 Å². The van der Waals surface area contributed by atoms with Crippen molar-refractivity contribution in [2.24, 2.45) is 0 Å². The van der Waals surface area contributed by atoms with Crippen LogP contribution in [0.25, 0.3) is 109 Å². The highest BCUT2D eigenvalue weighted by atomic mass is 32.1. The third-order valence-corrected chi connectivity index (χ3v) is 11.3. The monoisotopic (exact) mass is 681 g/mol. The van der Waals surface area contributed by atoms with Crippen LogP contribution in [-0.2, 0) is 0 Å². The molecule has 0 radical (unpaired) electrons. The van der Waals surface area contributed by atoms with E-state index in [1.807, 2.05) is 30.3 Å². The van der Waals surface area contributed by atoms with Crippen molar-refractivity contribution in [2.75, 3.05) is 0 Å². The molecule has 11 aromatic rings.